The Kier molecular flexibility index (Phi) is 4.99. The van der Waals surface area contributed by atoms with E-state index in [0.29, 0.717) is 17.6 Å². The molecular formula is C19H19N5OS. The fraction of sp³-hybridized carbons (Fsp3) is 0.263. The molecule has 7 heteroatoms. The molecule has 3 aromatic rings. The molecule has 0 saturated carbocycles. The van der Waals surface area contributed by atoms with Crippen molar-refractivity contribution in [2.45, 2.75) is 25.4 Å². The van der Waals surface area contributed by atoms with Crippen LogP contribution in [0.15, 0.2) is 54.9 Å². The van der Waals surface area contributed by atoms with Gasteiger partial charge in [-0.15, -0.1) is 10.2 Å². The summed E-state index contributed by atoms with van der Waals surface area (Å²) in [6.07, 6.45) is 5.96. The molecule has 1 unspecified atom stereocenters. The van der Waals surface area contributed by atoms with Crippen molar-refractivity contribution in [2.75, 3.05) is 11.9 Å². The number of likely N-dealkylation sites (tertiary alicyclic amines) is 1. The van der Waals surface area contributed by atoms with Gasteiger partial charge in [-0.25, -0.2) is 0 Å². The maximum Gasteiger partial charge on any atom is 0.286 e. The molecule has 4 rings (SSSR count). The summed E-state index contributed by atoms with van der Waals surface area (Å²) in [6.45, 7) is 1.74. The number of carbonyl (C=O) groups is 1. The van der Waals surface area contributed by atoms with Crippen LogP contribution in [0.3, 0.4) is 0 Å². The van der Waals surface area contributed by atoms with E-state index in [1.807, 2.05) is 42.7 Å². The highest BCUT2D eigenvalue weighted by molar-refractivity contribution is 7.13. The van der Waals surface area contributed by atoms with E-state index in [-0.39, 0.29) is 5.91 Å². The lowest BCUT2D eigenvalue weighted by molar-refractivity contribution is 0.102. The normalized spacial score (nSPS) is 17.3. The highest BCUT2D eigenvalue weighted by Crippen LogP contribution is 2.33. The van der Waals surface area contributed by atoms with Gasteiger partial charge in [0.25, 0.3) is 5.91 Å². The lowest BCUT2D eigenvalue weighted by Gasteiger charge is -2.23. The van der Waals surface area contributed by atoms with Crippen molar-refractivity contribution >= 4 is 22.9 Å². The average Bonchev–Trinajstić information content (AvgIpc) is 3.33. The first-order valence-corrected chi connectivity index (χ1v) is 9.44. The molecule has 1 saturated heterocycles. The summed E-state index contributed by atoms with van der Waals surface area (Å²) in [5.41, 5.74) is 2.04. The van der Waals surface area contributed by atoms with Gasteiger partial charge in [0.15, 0.2) is 0 Å². The molecule has 2 aromatic heterocycles. The van der Waals surface area contributed by atoms with Crippen molar-refractivity contribution in [2.24, 2.45) is 0 Å². The second-order valence-electron chi connectivity index (χ2n) is 6.23. The highest BCUT2D eigenvalue weighted by Gasteiger charge is 2.27. The van der Waals surface area contributed by atoms with Crippen LogP contribution < -0.4 is 5.32 Å². The first kappa shape index (κ1) is 16.8. The lowest BCUT2D eigenvalue weighted by atomic mass is 10.1. The van der Waals surface area contributed by atoms with Crippen LogP contribution in [0.4, 0.5) is 5.69 Å². The van der Waals surface area contributed by atoms with Crippen molar-refractivity contribution in [3.63, 3.8) is 0 Å². The van der Waals surface area contributed by atoms with E-state index in [1.54, 1.807) is 0 Å². The van der Waals surface area contributed by atoms with Crippen LogP contribution in [0.1, 0.15) is 39.3 Å². The molecule has 1 aliphatic heterocycles. The van der Waals surface area contributed by atoms with Crippen molar-refractivity contribution < 1.29 is 4.79 Å². The van der Waals surface area contributed by atoms with E-state index >= 15 is 0 Å². The summed E-state index contributed by atoms with van der Waals surface area (Å²) in [5, 5.41) is 12.4. The molecule has 0 aliphatic carbocycles. The minimum absolute atomic E-state index is 0.216. The smallest absolute Gasteiger partial charge is 0.286 e. The van der Waals surface area contributed by atoms with Crippen molar-refractivity contribution in [1.82, 2.24) is 20.1 Å². The van der Waals surface area contributed by atoms with Crippen molar-refractivity contribution in [3.8, 4) is 0 Å². The molecule has 0 spiro atoms. The maximum absolute atomic E-state index is 12.3. The zero-order valence-electron chi connectivity index (χ0n) is 14.2. The monoisotopic (exact) mass is 365 g/mol. The molecule has 0 radical (unpaired) electrons. The Hall–Kier alpha value is -2.64. The van der Waals surface area contributed by atoms with Gasteiger partial charge in [-0.05, 0) is 49.2 Å². The van der Waals surface area contributed by atoms with Crippen LogP contribution in [0.2, 0.25) is 0 Å². The first-order chi connectivity index (χ1) is 12.8. The quantitative estimate of drug-likeness (QED) is 0.749. The first-order valence-electron chi connectivity index (χ1n) is 8.62. The Morgan fingerprint density at radius 1 is 1.15 bits per heavy atom. The molecule has 1 aliphatic rings. The van der Waals surface area contributed by atoms with Gasteiger partial charge in [0.1, 0.15) is 5.01 Å². The number of anilines is 1. The van der Waals surface area contributed by atoms with Crippen LogP contribution >= 0.6 is 11.3 Å². The fourth-order valence-electron chi connectivity index (χ4n) is 3.27. The lowest BCUT2D eigenvalue weighted by Crippen LogP contribution is -2.22. The summed E-state index contributed by atoms with van der Waals surface area (Å²) in [5.74, 6) is -0.216. The van der Waals surface area contributed by atoms with Gasteiger partial charge >= 0.3 is 0 Å². The summed E-state index contributed by atoms with van der Waals surface area (Å²) < 4.78 is 0. The molecule has 26 heavy (non-hydrogen) atoms. The third-order valence-electron chi connectivity index (χ3n) is 4.49. The topological polar surface area (TPSA) is 71.0 Å². The van der Waals surface area contributed by atoms with Crippen LogP contribution in [0.5, 0.6) is 0 Å². The predicted molar refractivity (Wildman–Crippen MR) is 101 cm³/mol. The van der Waals surface area contributed by atoms with E-state index < -0.39 is 0 Å². The SMILES string of the molecule is O=C(Nc1ccccc1)c1nnc(CN2CCCC2c2ccncc2)s1. The second kappa shape index (κ2) is 7.72. The molecule has 6 nitrogen and oxygen atoms in total. The number of carbonyl (C=O) groups excluding carboxylic acids is 1. The number of nitrogens with one attached hydrogen (secondary N) is 1. The van der Waals surface area contributed by atoms with Gasteiger partial charge in [0.2, 0.25) is 5.01 Å². The predicted octanol–water partition coefficient (Wildman–Crippen LogP) is 3.52. The van der Waals surface area contributed by atoms with E-state index in [0.717, 1.165) is 30.1 Å². The van der Waals surface area contributed by atoms with Gasteiger partial charge in [-0.1, -0.05) is 29.5 Å². The Balaban J connectivity index is 1.42. The van der Waals surface area contributed by atoms with E-state index in [2.05, 4.69) is 37.5 Å². The third kappa shape index (κ3) is 3.79. The average molecular weight is 365 g/mol. The molecule has 1 atom stereocenters. The van der Waals surface area contributed by atoms with Crippen LogP contribution in [-0.2, 0) is 6.54 Å². The Morgan fingerprint density at radius 3 is 2.77 bits per heavy atom. The minimum Gasteiger partial charge on any atom is -0.320 e. The number of amides is 1. The number of hydrogen-bond acceptors (Lipinski definition) is 6. The largest absolute Gasteiger partial charge is 0.320 e. The summed E-state index contributed by atoms with van der Waals surface area (Å²) >= 11 is 1.36. The Bertz CT molecular complexity index is 868. The zero-order valence-corrected chi connectivity index (χ0v) is 15.0. The zero-order chi connectivity index (χ0) is 17.8. The Morgan fingerprint density at radius 2 is 1.96 bits per heavy atom. The maximum atomic E-state index is 12.3. The van der Waals surface area contributed by atoms with Crippen LogP contribution in [0.25, 0.3) is 0 Å². The number of rotatable bonds is 5. The molecule has 1 fully saturated rings. The second-order valence-corrected chi connectivity index (χ2v) is 7.29. The number of pyridine rings is 1. The number of hydrogen-bond donors (Lipinski definition) is 1. The van der Waals surface area contributed by atoms with Crippen molar-refractivity contribution in [3.05, 3.63) is 70.4 Å². The number of aromatic nitrogens is 3. The molecule has 1 aromatic carbocycles. The van der Waals surface area contributed by atoms with E-state index in [4.69, 9.17) is 0 Å². The molecule has 0 bridgehead atoms. The van der Waals surface area contributed by atoms with E-state index in [1.165, 1.54) is 16.9 Å². The molecule has 3 heterocycles. The summed E-state index contributed by atoms with van der Waals surface area (Å²) in [6, 6.07) is 13.9. The Labute approximate surface area is 155 Å². The van der Waals surface area contributed by atoms with Crippen LogP contribution in [0, 0.1) is 0 Å². The molecular weight excluding hydrogens is 346 g/mol. The minimum atomic E-state index is -0.216. The standard InChI is InChI=1S/C19H19N5OS/c25-18(21-15-5-2-1-3-6-15)19-23-22-17(26-19)13-24-12-4-7-16(24)14-8-10-20-11-9-14/h1-3,5-6,8-11,16H,4,7,12-13H2,(H,21,25). The van der Waals surface area contributed by atoms with Crippen molar-refractivity contribution in [1.29, 1.82) is 0 Å². The van der Waals surface area contributed by atoms with Gasteiger partial charge in [-0.3, -0.25) is 14.7 Å². The summed E-state index contributed by atoms with van der Waals surface area (Å²) in [7, 11) is 0. The number of benzene rings is 1. The number of nitrogens with zero attached hydrogens (tertiary/aromatic N) is 4. The molecule has 1 amide bonds. The van der Waals surface area contributed by atoms with Gasteiger partial charge in [0.05, 0.1) is 6.54 Å². The highest BCUT2D eigenvalue weighted by atomic mass is 32.1. The van der Waals surface area contributed by atoms with Gasteiger partial charge in [0, 0.05) is 24.1 Å². The number of para-hydroxylation sites is 1. The van der Waals surface area contributed by atoms with Gasteiger partial charge < -0.3 is 5.32 Å². The third-order valence-corrected chi connectivity index (χ3v) is 5.39. The summed E-state index contributed by atoms with van der Waals surface area (Å²) in [4.78, 5) is 18.8. The van der Waals surface area contributed by atoms with E-state index in [9.17, 15) is 4.79 Å². The van der Waals surface area contributed by atoms with Crippen LogP contribution in [-0.4, -0.2) is 32.5 Å². The molecule has 132 valence electrons. The van der Waals surface area contributed by atoms with Gasteiger partial charge in [-0.2, -0.15) is 0 Å². The molecule has 1 N–H and O–H groups in total. The fourth-order valence-corrected chi connectivity index (χ4v) is 4.03.